The van der Waals surface area contributed by atoms with E-state index in [-0.39, 0.29) is 25.6 Å². The zero-order valence-electron chi connectivity index (χ0n) is 13.5. The van der Waals surface area contributed by atoms with E-state index in [1.54, 1.807) is 30.3 Å². The minimum absolute atomic E-state index is 0.150. The molecule has 0 aliphatic heterocycles. The maximum atomic E-state index is 11.8. The standard InChI is InChI=1S/C19H19NO4/c1-2-22-17-5-3-4-6-18(17)23-12-11-19(21)24-14-16-9-7-15(13-20)8-10-16/h3-10H,2,11-12,14H2,1H3. The number of para-hydroxylation sites is 2. The van der Waals surface area contributed by atoms with Gasteiger partial charge in [0.05, 0.1) is 31.3 Å². The summed E-state index contributed by atoms with van der Waals surface area (Å²) in [7, 11) is 0. The first kappa shape index (κ1) is 17.4. The van der Waals surface area contributed by atoms with Crippen LogP contribution in [0.25, 0.3) is 0 Å². The first-order chi connectivity index (χ1) is 11.7. The molecule has 2 aromatic carbocycles. The van der Waals surface area contributed by atoms with E-state index in [9.17, 15) is 4.79 Å². The van der Waals surface area contributed by atoms with E-state index in [0.717, 1.165) is 5.56 Å². The summed E-state index contributed by atoms with van der Waals surface area (Å²) in [5.74, 6) is 0.929. The summed E-state index contributed by atoms with van der Waals surface area (Å²) in [6.07, 6.45) is 0.150. The lowest BCUT2D eigenvalue weighted by Crippen LogP contribution is -2.10. The van der Waals surface area contributed by atoms with E-state index >= 15 is 0 Å². The van der Waals surface area contributed by atoms with Crippen LogP contribution in [0.15, 0.2) is 48.5 Å². The number of hydrogen-bond donors (Lipinski definition) is 0. The van der Waals surface area contributed by atoms with E-state index in [0.29, 0.717) is 23.7 Å². The summed E-state index contributed by atoms with van der Waals surface area (Å²) in [5.41, 5.74) is 1.41. The van der Waals surface area contributed by atoms with Gasteiger partial charge in [0.1, 0.15) is 6.61 Å². The molecule has 5 heteroatoms. The molecule has 0 radical (unpaired) electrons. The number of rotatable bonds is 8. The molecule has 0 amide bonds. The van der Waals surface area contributed by atoms with Crippen molar-refractivity contribution in [3.63, 3.8) is 0 Å². The van der Waals surface area contributed by atoms with Crippen LogP contribution in [0, 0.1) is 11.3 Å². The van der Waals surface area contributed by atoms with Crippen LogP contribution in [-0.2, 0) is 16.1 Å². The van der Waals surface area contributed by atoms with Crippen LogP contribution in [0.4, 0.5) is 0 Å². The molecule has 0 bridgehead atoms. The van der Waals surface area contributed by atoms with E-state index in [1.807, 2.05) is 31.2 Å². The molecule has 0 atom stereocenters. The van der Waals surface area contributed by atoms with Crippen LogP contribution in [0.2, 0.25) is 0 Å². The number of nitrogens with zero attached hydrogens (tertiary/aromatic N) is 1. The van der Waals surface area contributed by atoms with Gasteiger partial charge in [0, 0.05) is 0 Å². The third-order valence-electron chi connectivity index (χ3n) is 3.20. The Morgan fingerprint density at radius 2 is 1.71 bits per heavy atom. The fourth-order valence-corrected chi connectivity index (χ4v) is 2.00. The lowest BCUT2D eigenvalue weighted by molar-refractivity contribution is -0.145. The van der Waals surface area contributed by atoms with Crippen molar-refractivity contribution < 1.29 is 19.0 Å². The van der Waals surface area contributed by atoms with Crippen molar-refractivity contribution in [1.82, 2.24) is 0 Å². The summed E-state index contributed by atoms with van der Waals surface area (Å²) in [6.45, 7) is 2.85. The van der Waals surface area contributed by atoms with E-state index < -0.39 is 0 Å². The normalized spacial score (nSPS) is 9.83. The van der Waals surface area contributed by atoms with Gasteiger partial charge in [-0.1, -0.05) is 24.3 Å². The summed E-state index contributed by atoms with van der Waals surface area (Å²) < 4.78 is 16.2. The van der Waals surface area contributed by atoms with Gasteiger partial charge in [-0.05, 0) is 36.8 Å². The van der Waals surface area contributed by atoms with E-state index in [1.165, 1.54) is 0 Å². The molecule has 0 aliphatic carbocycles. The van der Waals surface area contributed by atoms with Crippen molar-refractivity contribution >= 4 is 5.97 Å². The van der Waals surface area contributed by atoms with Crippen LogP contribution in [0.3, 0.4) is 0 Å². The highest BCUT2D eigenvalue weighted by Gasteiger charge is 2.07. The van der Waals surface area contributed by atoms with Gasteiger partial charge in [-0.15, -0.1) is 0 Å². The molecular formula is C19H19NO4. The van der Waals surface area contributed by atoms with E-state index in [4.69, 9.17) is 19.5 Å². The van der Waals surface area contributed by atoms with Crippen molar-refractivity contribution in [2.45, 2.75) is 20.0 Å². The Kier molecular flexibility index (Phi) is 6.66. The lowest BCUT2D eigenvalue weighted by Gasteiger charge is -2.11. The number of benzene rings is 2. The average Bonchev–Trinajstić information content (AvgIpc) is 2.62. The zero-order valence-corrected chi connectivity index (χ0v) is 13.5. The molecule has 0 aromatic heterocycles. The van der Waals surface area contributed by atoms with Gasteiger partial charge in [0.15, 0.2) is 11.5 Å². The molecule has 5 nitrogen and oxygen atoms in total. The largest absolute Gasteiger partial charge is 0.490 e. The van der Waals surface area contributed by atoms with Crippen molar-refractivity contribution in [2.75, 3.05) is 13.2 Å². The number of nitriles is 1. The second-order valence-corrected chi connectivity index (χ2v) is 4.95. The monoisotopic (exact) mass is 325 g/mol. The van der Waals surface area contributed by atoms with Crippen molar-refractivity contribution in [3.8, 4) is 17.6 Å². The molecule has 124 valence electrons. The van der Waals surface area contributed by atoms with Gasteiger partial charge in [0.25, 0.3) is 0 Å². The third-order valence-corrected chi connectivity index (χ3v) is 3.20. The fourth-order valence-electron chi connectivity index (χ4n) is 2.00. The molecule has 0 spiro atoms. The number of hydrogen-bond acceptors (Lipinski definition) is 5. The lowest BCUT2D eigenvalue weighted by atomic mass is 10.2. The number of carbonyl (C=O) groups is 1. The Morgan fingerprint density at radius 3 is 2.33 bits per heavy atom. The second-order valence-electron chi connectivity index (χ2n) is 4.95. The summed E-state index contributed by atoms with van der Waals surface area (Å²) in [4.78, 5) is 11.8. The van der Waals surface area contributed by atoms with Crippen LogP contribution in [0.5, 0.6) is 11.5 Å². The minimum atomic E-state index is -0.340. The molecule has 0 aliphatic rings. The van der Waals surface area contributed by atoms with Gasteiger partial charge in [-0.25, -0.2) is 0 Å². The highest BCUT2D eigenvalue weighted by Crippen LogP contribution is 2.26. The van der Waals surface area contributed by atoms with Gasteiger partial charge < -0.3 is 14.2 Å². The van der Waals surface area contributed by atoms with E-state index in [2.05, 4.69) is 0 Å². The predicted molar refractivity (Wildman–Crippen MR) is 88.7 cm³/mol. The van der Waals surface area contributed by atoms with Gasteiger partial charge in [0.2, 0.25) is 0 Å². The quantitative estimate of drug-likeness (QED) is 0.695. The van der Waals surface area contributed by atoms with Crippen LogP contribution >= 0.6 is 0 Å². The molecule has 2 rings (SSSR count). The molecule has 0 fully saturated rings. The van der Waals surface area contributed by atoms with Gasteiger partial charge >= 0.3 is 5.97 Å². The molecule has 2 aromatic rings. The first-order valence-corrected chi connectivity index (χ1v) is 7.72. The molecule has 0 heterocycles. The summed E-state index contributed by atoms with van der Waals surface area (Å²) >= 11 is 0. The summed E-state index contributed by atoms with van der Waals surface area (Å²) in [5, 5.41) is 8.73. The Morgan fingerprint density at radius 1 is 1.04 bits per heavy atom. The molecule has 0 saturated carbocycles. The number of esters is 1. The zero-order chi connectivity index (χ0) is 17.2. The Hall–Kier alpha value is -3.00. The highest BCUT2D eigenvalue weighted by molar-refractivity contribution is 5.69. The molecule has 24 heavy (non-hydrogen) atoms. The van der Waals surface area contributed by atoms with Crippen LogP contribution in [-0.4, -0.2) is 19.2 Å². The Labute approximate surface area is 141 Å². The predicted octanol–water partition coefficient (Wildman–Crippen LogP) is 3.47. The van der Waals surface area contributed by atoms with Crippen LogP contribution < -0.4 is 9.47 Å². The smallest absolute Gasteiger partial charge is 0.309 e. The topological polar surface area (TPSA) is 68.6 Å². The molecule has 0 saturated heterocycles. The maximum Gasteiger partial charge on any atom is 0.309 e. The van der Waals surface area contributed by atoms with Crippen LogP contribution in [0.1, 0.15) is 24.5 Å². The Balaban J connectivity index is 1.74. The average molecular weight is 325 g/mol. The molecule has 0 N–H and O–H groups in total. The van der Waals surface area contributed by atoms with Gasteiger partial charge in [-0.3, -0.25) is 4.79 Å². The van der Waals surface area contributed by atoms with Gasteiger partial charge in [-0.2, -0.15) is 5.26 Å². The first-order valence-electron chi connectivity index (χ1n) is 7.72. The molecular weight excluding hydrogens is 306 g/mol. The summed E-state index contributed by atoms with van der Waals surface area (Å²) in [6, 6.07) is 16.3. The highest BCUT2D eigenvalue weighted by atomic mass is 16.5. The second kappa shape index (κ2) is 9.21. The number of ether oxygens (including phenoxy) is 3. The number of carbonyl (C=O) groups excluding carboxylic acids is 1. The Bertz CT molecular complexity index is 704. The van der Waals surface area contributed by atoms with Crippen molar-refractivity contribution in [3.05, 3.63) is 59.7 Å². The van der Waals surface area contributed by atoms with Crippen molar-refractivity contribution in [1.29, 1.82) is 5.26 Å². The fraction of sp³-hybridized carbons (Fsp3) is 0.263. The molecule has 0 unspecified atom stereocenters. The van der Waals surface area contributed by atoms with Crippen molar-refractivity contribution in [2.24, 2.45) is 0 Å². The maximum absolute atomic E-state index is 11.8. The minimum Gasteiger partial charge on any atom is -0.490 e. The SMILES string of the molecule is CCOc1ccccc1OCCC(=O)OCc1ccc(C#N)cc1. The third kappa shape index (κ3) is 5.33.